The summed E-state index contributed by atoms with van der Waals surface area (Å²) in [5.74, 6) is 0.282. The molecule has 2 aliphatic rings. The molecule has 3 heterocycles. The van der Waals surface area contributed by atoms with Gasteiger partial charge in [-0.05, 0) is 71.4 Å². The van der Waals surface area contributed by atoms with Gasteiger partial charge in [-0.15, -0.1) is 11.3 Å². The molecule has 1 aliphatic carbocycles. The molecule has 2 amide bonds. The maximum atomic E-state index is 13.5. The highest BCUT2D eigenvalue weighted by Crippen LogP contribution is 2.35. The van der Waals surface area contributed by atoms with Crippen LogP contribution in [0.15, 0.2) is 12.3 Å². The number of aliphatic hydroxyl groups excluding tert-OH is 1. The average molecular weight is 472 g/mol. The number of amides is 2. The van der Waals surface area contributed by atoms with Crippen LogP contribution < -0.4 is 10.6 Å². The second kappa shape index (κ2) is 9.77. The first kappa shape index (κ1) is 23.6. The van der Waals surface area contributed by atoms with Crippen molar-refractivity contribution in [3.8, 4) is 10.4 Å². The number of nitrogens with zero attached hydrogens (tertiary/aromatic N) is 3. The van der Waals surface area contributed by atoms with Gasteiger partial charge in [0.15, 0.2) is 5.01 Å². The van der Waals surface area contributed by atoms with Gasteiger partial charge in [-0.25, -0.2) is 9.97 Å². The lowest BCUT2D eigenvalue weighted by atomic mass is 10.1. The molecule has 2 fully saturated rings. The van der Waals surface area contributed by atoms with Crippen LogP contribution in [0.1, 0.15) is 78.7 Å². The van der Waals surface area contributed by atoms with Gasteiger partial charge in [0.25, 0.3) is 11.8 Å². The number of anilines is 1. The van der Waals surface area contributed by atoms with E-state index in [0.717, 1.165) is 42.6 Å². The highest BCUT2D eigenvalue weighted by molar-refractivity contribution is 7.17. The minimum absolute atomic E-state index is 0.144. The van der Waals surface area contributed by atoms with Crippen molar-refractivity contribution in [2.45, 2.75) is 84.0 Å². The number of thiazole rings is 1. The average Bonchev–Trinajstić information content (AvgIpc) is 3.48. The summed E-state index contributed by atoms with van der Waals surface area (Å²) in [6.45, 7) is 8.82. The zero-order valence-corrected chi connectivity index (χ0v) is 20.5. The number of aliphatic hydroxyl groups is 1. The summed E-state index contributed by atoms with van der Waals surface area (Å²) in [7, 11) is 0. The molecule has 8 nitrogen and oxygen atoms in total. The van der Waals surface area contributed by atoms with Crippen molar-refractivity contribution in [1.82, 2.24) is 20.2 Å². The van der Waals surface area contributed by atoms with Gasteiger partial charge in [-0.3, -0.25) is 9.59 Å². The number of hydrogen-bond acceptors (Lipinski definition) is 7. The predicted octanol–water partition coefficient (Wildman–Crippen LogP) is 3.60. The normalized spacial score (nSPS) is 22.7. The second-order valence-electron chi connectivity index (χ2n) is 9.45. The molecule has 2 aromatic rings. The second-order valence-corrected chi connectivity index (χ2v) is 10.4. The van der Waals surface area contributed by atoms with Gasteiger partial charge in [0.1, 0.15) is 11.5 Å². The fraction of sp³-hybridized carbons (Fsp3) is 0.583. The zero-order valence-electron chi connectivity index (χ0n) is 19.7. The van der Waals surface area contributed by atoms with Crippen molar-refractivity contribution in [2.75, 3.05) is 11.9 Å². The van der Waals surface area contributed by atoms with Crippen LogP contribution in [-0.2, 0) is 0 Å². The number of aromatic nitrogens is 2. The smallest absolute Gasteiger partial charge is 0.280 e. The van der Waals surface area contributed by atoms with Crippen LogP contribution in [0.3, 0.4) is 0 Å². The molecule has 0 spiro atoms. The van der Waals surface area contributed by atoms with Gasteiger partial charge in [0.2, 0.25) is 0 Å². The van der Waals surface area contributed by atoms with E-state index in [0.29, 0.717) is 23.5 Å². The summed E-state index contributed by atoms with van der Waals surface area (Å²) in [4.78, 5) is 38.0. The summed E-state index contributed by atoms with van der Waals surface area (Å²) >= 11 is 1.21. The lowest BCUT2D eigenvalue weighted by Gasteiger charge is -2.21. The van der Waals surface area contributed by atoms with Crippen molar-refractivity contribution < 1.29 is 14.7 Å². The van der Waals surface area contributed by atoms with Crippen LogP contribution in [0.25, 0.3) is 10.4 Å². The fourth-order valence-corrected chi connectivity index (χ4v) is 5.66. The topological polar surface area (TPSA) is 107 Å². The van der Waals surface area contributed by atoms with E-state index in [1.807, 2.05) is 38.7 Å². The quantitative estimate of drug-likeness (QED) is 0.594. The van der Waals surface area contributed by atoms with Crippen LogP contribution in [0.4, 0.5) is 5.82 Å². The Labute approximate surface area is 198 Å². The Morgan fingerprint density at radius 1 is 1.24 bits per heavy atom. The number of likely N-dealkylation sites (tertiary alicyclic amines) is 1. The molecular weight excluding hydrogens is 438 g/mol. The van der Waals surface area contributed by atoms with Crippen molar-refractivity contribution in [3.05, 3.63) is 28.5 Å². The van der Waals surface area contributed by atoms with Crippen LogP contribution in [-0.4, -0.2) is 62.6 Å². The van der Waals surface area contributed by atoms with Gasteiger partial charge in [0.05, 0.1) is 17.0 Å². The number of hydrogen-bond donors (Lipinski definition) is 3. The fourth-order valence-electron chi connectivity index (χ4n) is 4.62. The van der Waals surface area contributed by atoms with E-state index in [1.54, 1.807) is 6.20 Å². The molecule has 4 rings (SSSR count). The molecule has 0 aromatic carbocycles. The number of pyridine rings is 1. The molecule has 0 unspecified atom stereocenters. The molecule has 2 aromatic heterocycles. The monoisotopic (exact) mass is 471 g/mol. The van der Waals surface area contributed by atoms with E-state index in [1.165, 1.54) is 11.3 Å². The number of nitrogens with one attached hydrogen (secondary N) is 2. The van der Waals surface area contributed by atoms with E-state index < -0.39 is 6.10 Å². The van der Waals surface area contributed by atoms with E-state index in [-0.39, 0.29) is 34.9 Å². The minimum atomic E-state index is -0.535. The van der Waals surface area contributed by atoms with Gasteiger partial charge >= 0.3 is 0 Å². The number of carbonyl (C=O) groups is 2. The van der Waals surface area contributed by atoms with E-state index >= 15 is 0 Å². The molecule has 33 heavy (non-hydrogen) atoms. The van der Waals surface area contributed by atoms with E-state index in [4.69, 9.17) is 0 Å². The van der Waals surface area contributed by atoms with Crippen LogP contribution in [0.5, 0.6) is 0 Å². The lowest BCUT2D eigenvalue weighted by Crippen LogP contribution is -2.40. The third-order valence-electron chi connectivity index (χ3n) is 6.43. The maximum Gasteiger partial charge on any atom is 0.280 e. The van der Waals surface area contributed by atoms with Crippen LogP contribution in [0.2, 0.25) is 0 Å². The summed E-state index contributed by atoms with van der Waals surface area (Å²) in [6.07, 6.45) is 5.46. The molecule has 1 saturated heterocycles. The van der Waals surface area contributed by atoms with Gasteiger partial charge < -0.3 is 20.6 Å². The molecule has 0 radical (unpaired) electrons. The first-order valence-corrected chi connectivity index (χ1v) is 12.6. The highest BCUT2D eigenvalue weighted by atomic mass is 32.1. The standard InChI is InChI=1S/C24H33N5O3S/c1-13(2)26-19-11-14(3)16(12-25-19)21-20(24(32)29-10-6-7-15(29)4)28-23(33-21)22(31)27-17-8-5-9-18(17)30/h11-13,15,17-18,30H,5-10H2,1-4H3,(H,25,26)(H,27,31)/t15-,17-,18-/m0/s1. The molecule has 9 heteroatoms. The predicted molar refractivity (Wildman–Crippen MR) is 130 cm³/mol. The van der Waals surface area contributed by atoms with Crippen molar-refractivity contribution in [3.63, 3.8) is 0 Å². The van der Waals surface area contributed by atoms with Crippen LogP contribution >= 0.6 is 11.3 Å². The first-order chi connectivity index (χ1) is 15.7. The van der Waals surface area contributed by atoms with Gasteiger partial charge in [-0.2, -0.15) is 0 Å². The van der Waals surface area contributed by atoms with Gasteiger partial charge in [-0.1, -0.05) is 0 Å². The number of aryl methyl sites for hydroxylation is 1. The molecule has 1 aliphatic heterocycles. The molecule has 178 valence electrons. The summed E-state index contributed by atoms with van der Waals surface area (Å²) in [5, 5.41) is 16.5. The molecule has 0 bridgehead atoms. The third kappa shape index (κ3) is 5.04. The Hall–Kier alpha value is -2.52. The molecule has 3 N–H and O–H groups in total. The lowest BCUT2D eigenvalue weighted by molar-refractivity contribution is 0.0743. The Morgan fingerprint density at radius 3 is 2.64 bits per heavy atom. The van der Waals surface area contributed by atoms with Crippen molar-refractivity contribution in [1.29, 1.82) is 0 Å². The summed E-state index contributed by atoms with van der Waals surface area (Å²) < 4.78 is 0. The van der Waals surface area contributed by atoms with Gasteiger partial charge in [0, 0.05) is 30.4 Å². The Balaban J connectivity index is 1.70. The zero-order chi connectivity index (χ0) is 23.7. The van der Waals surface area contributed by atoms with Crippen molar-refractivity contribution in [2.24, 2.45) is 0 Å². The van der Waals surface area contributed by atoms with E-state index in [2.05, 4.69) is 20.6 Å². The number of rotatable bonds is 6. The Morgan fingerprint density at radius 2 is 2.03 bits per heavy atom. The molecule has 3 atom stereocenters. The highest BCUT2D eigenvalue weighted by Gasteiger charge is 2.33. The summed E-state index contributed by atoms with van der Waals surface area (Å²) in [5.41, 5.74) is 2.07. The molecular formula is C24H33N5O3S. The Kier molecular flexibility index (Phi) is 6.99. The van der Waals surface area contributed by atoms with Crippen molar-refractivity contribution >= 4 is 29.0 Å². The third-order valence-corrected chi connectivity index (χ3v) is 7.51. The Bertz CT molecular complexity index is 1040. The SMILES string of the molecule is Cc1cc(NC(C)C)ncc1-c1sc(C(=O)N[C@H]2CCC[C@@H]2O)nc1C(=O)N1CCC[C@@H]1C. The van der Waals surface area contributed by atoms with E-state index in [9.17, 15) is 14.7 Å². The number of carbonyl (C=O) groups excluding carboxylic acids is 2. The first-order valence-electron chi connectivity index (χ1n) is 11.8. The molecule has 1 saturated carbocycles. The largest absolute Gasteiger partial charge is 0.391 e. The van der Waals surface area contributed by atoms with Crippen LogP contribution in [0, 0.1) is 6.92 Å². The summed E-state index contributed by atoms with van der Waals surface area (Å²) in [6, 6.07) is 2.08. The maximum absolute atomic E-state index is 13.5. The minimum Gasteiger partial charge on any atom is -0.391 e.